The van der Waals surface area contributed by atoms with E-state index in [4.69, 9.17) is 23.2 Å². The van der Waals surface area contributed by atoms with Gasteiger partial charge in [0.1, 0.15) is 22.4 Å². The van der Waals surface area contributed by atoms with E-state index in [9.17, 15) is 22.6 Å². The number of rotatable bonds is 7. The summed E-state index contributed by atoms with van der Waals surface area (Å²) in [6, 6.07) is 6.70. The molecule has 3 aromatic rings. The van der Waals surface area contributed by atoms with Crippen molar-refractivity contribution in [2.24, 2.45) is 0 Å². The molecule has 0 saturated carbocycles. The Morgan fingerprint density at radius 1 is 1.21 bits per heavy atom. The van der Waals surface area contributed by atoms with E-state index in [2.05, 4.69) is 20.1 Å². The molecule has 2 aromatic heterocycles. The quantitative estimate of drug-likeness (QED) is 0.482. The second-order valence-electron chi connectivity index (χ2n) is 6.64. The lowest BCUT2D eigenvalue weighted by molar-refractivity contribution is 0.0983. The molecule has 1 atom stereocenters. The molecular formula is C20H17Cl2F2N5O3S. The van der Waals surface area contributed by atoms with Gasteiger partial charge in [0.05, 0.1) is 16.3 Å². The third kappa shape index (κ3) is 5.55. The summed E-state index contributed by atoms with van der Waals surface area (Å²) in [4.78, 5) is 29.8. The number of pyridine rings is 1. The van der Waals surface area contributed by atoms with Gasteiger partial charge in [0.2, 0.25) is 0 Å². The fourth-order valence-electron chi connectivity index (χ4n) is 2.86. The van der Waals surface area contributed by atoms with Crippen LogP contribution in [0.4, 0.5) is 14.5 Å². The van der Waals surface area contributed by atoms with Gasteiger partial charge in [-0.25, -0.2) is 22.7 Å². The van der Waals surface area contributed by atoms with Crippen LogP contribution in [0.3, 0.4) is 0 Å². The van der Waals surface area contributed by atoms with E-state index >= 15 is 0 Å². The molecular weight excluding hydrogens is 499 g/mol. The number of anilines is 1. The first-order valence-corrected chi connectivity index (χ1v) is 11.5. The highest BCUT2D eigenvalue weighted by Crippen LogP contribution is 2.28. The minimum Gasteiger partial charge on any atom is -0.320 e. The number of carbonyl (C=O) groups is 2. The first-order valence-electron chi connectivity index (χ1n) is 9.42. The first-order chi connectivity index (χ1) is 15.6. The van der Waals surface area contributed by atoms with Crippen molar-refractivity contribution in [2.75, 3.05) is 11.1 Å². The summed E-state index contributed by atoms with van der Waals surface area (Å²) in [5.41, 5.74) is -0.520. The number of nitrogens with one attached hydrogen (secondary N) is 2. The van der Waals surface area contributed by atoms with Crippen molar-refractivity contribution in [2.45, 2.75) is 20.3 Å². The molecule has 1 unspecified atom stereocenters. The zero-order valence-electron chi connectivity index (χ0n) is 17.2. The highest BCUT2D eigenvalue weighted by Gasteiger charge is 2.25. The number of alkyl halides is 2. The summed E-state index contributed by atoms with van der Waals surface area (Å²) < 4.78 is 41.7. The summed E-state index contributed by atoms with van der Waals surface area (Å²) in [6.07, 6.45) is -1.59. The Bertz CT molecular complexity index is 1250. The fraction of sp³-hybridized carbons (Fsp3) is 0.200. The molecule has 174 valence electrons. The second kappa shape index (κ2) is 10.4. The highest BCUT2D eigenvalue weighted by molar-refractivity contribution is 7.83. The molecule has 1 aromatic carbocycles. The van der Waals surface area contributed by atoms with Crippen LogP contribution in [-0.4, -0.2) is 36.5 Å². The van der Waals surface area contributed by atoms with E-state index in [1.807, 2.05) is 0 Å². The predicted molar refractivity (Wildman–Crippen MR) is 122 cm³/mol. The van der Waals surface area contributed by atoms with Crippen LogP contribution < -0.4 is 10.0 Å². The normalized spacial score (nSPS) is 12.0. The molecule has 0 radical (unpaired) electrons. The Hall–Kier alpha value is -2.89. The molecule has 3 rings (SSSR count). The topological polar surface area (TPSA) is 106 Å². The van der Waals surface area contributed by atoms with Crippen LogP contribution in [0, 0.1) is 6.92 Å². The zero-order valence-corrected chi connectivity index (χ0v) is 19.6. The van der Waals surface area contributed by atoms with Gasteiger partial charge in [-0.2, -0.15) is 5.10 Å². The van der Waals surface area contributed by atoms with Crippen molar-refractivity contribution in [1.82, 2.24) is 19.5 Å². The van der Waals surface area contributed by atoms with Crippen molar-refractivity contribution < 1.29 is 22.6 Å². The Balaban J connectivity index is 2.06. The predicted octanol–water partition coefficient (Wildman–Crippen LogP) is 4.49. The maximum atomic E-state index is 13.3. The molecule has 2 N–H and O–H groups in total. The average molecular weight is 516 g/mol. The summed E-state index contributed by atoms with van der Waals surface area (Å²) in [6.45, 7) is 3.21. The minimum absolute atomic E-state index is 0.0275. The van der Waals surface area contributed by atoms with Crippen LogP contribution >= 0.6 is 23.2 Å². The first kappa shape index (κ1) is 24.7. The molecule has 0 aliphatic heterocycles. The van der Waals surface area contributed by atoms with E-state index in [1.54, 1.807) is 13.8 Å². The molecule has 0 fully saturated rings. The molecule has 33 heavy (non-hydrogen) atoms. The minimum atomic E-state index is -2.96. The van der Waals surface area contributed by atoms with Crippen LogP contribution in [0.5, 0.6) is 0 Å². The van der Waals surface area contributed by atoms with Gasteiger partial charge in [-0.05, 0) is 42.8 Å². The van der Waals surface area contributed by atoms with Gasteiger partial charge < -0.3 is 5.32 Å². The van der Waals surface area contributed by atoms with Gasteiger partial charge in [0.15, 0.2) is 5.82 Å². The molecule has 0 bridgehead atoms. The monoisotopic (exact) mass is 515 g/mol. The highest BCUT2D eigenvalue weighted by atomic mass is 35.5. The number of amides is 2. The third-order valence-electron chi connectivity index (χ3n) is 4.38. The number of aryl methyl sites for hydroxylation is 1. The molecule has 0 spiro atoms. The van der Waals surface area contributed by atoms with Gasteiger partial charge in [-0.3, -0.25) is 14.3 Å². The SMILES string of the molecule is CCS(=O)NC(=O)c1cc(Cl)cc(C)c1NC(=O)c1cc(C(F)F)nn1-c1ncccc1Cl. The van der Waals surface area contributed by atoms with Crippen LogP contribution in [0.1, 0.15) is 45.5 Å². The number of hydrogen-bond donors (Lipinski definition) is 2. The smallest absolute Gasteiger partial charge is 0.282 e. The maximum absolute atomic E-state index is 13.3. The number of benzene rings is 1. The Morgan fingerprint density at radius 3 is 2.58 bits per heavy atom. The molecule has 8 nitrogen and oxygen atoms in total. The lowest BCUT2D eigenvalue weighted by Crippen LogP contribution is -2.28. The van der Waals surface area contributed by atoms with Crippen molar-refractivity contribution in [3.63, 3.8) is 0 Å². The molecule has 0 saturated heterocycles. The van der Waals surface area contributed by atoms with Crippen molar-refractivity contribution in [1.29, 1.82) is 0 Å². The van der Waals surface area contributed by atoms with Crippen LogP contribution in [0.15, 0.2) is 36.5 Å². The van der Waals surface area contributed by atoms with Crippen LogP contribution in [-0.2, 0) is 11.0 Å². The largest absolute Gasteiger partial charge is 0.320 e. The van der Waals surface area contributed by atoms with E-state index in [0.29, 0.717) is 5.56 Å². The van der Waals surface area contributed by atoms with Gasteiger partial charge in [-0.15, -0.1) is 0 Å². The number of carbonyl (C=O) groups excluding carboxylic acids is 2. The fourth-order valence-corrected chi connectivity index (χ4v) is 3.79. The van der Waals surface area contributed by atoms with Crippen molar-refractivity contribution in [3.8, 4) is 5.82 Å². The van der Waals surface area contributed by atoms with E-state index in [1.165, 1.54) is 30.5 Å². The number of aromatic nitrogens is 3. The van der Waals surface area contributed by atoms with Crippen LogP contribution in [0.25, 0.3) is 5.82 Å². The average Bonchev–Trinajstić information content (AvgIpc) is 3.21. The third-order valence-corrected chi connectivity index (χ3v) is 5.83. The van der Waals surface area contributed by atoms with E-state index in [0.717, 1.165) is 10.7 Å². The Labute approximate surface area is 199 Å². The van der Waals surface area contributed by atoms with Gasteiger partial charge in [0, 0.05) is 17.0 Å². The van der Waals surface area contributed by atoms with Crippen molar-refractivity contribution in [3.05, 3.63) is 69.1 Å². The summed E-state index contributed by atoms with van der Waals surface area (Å²) >= 11 is 12.2. The molecule has 2 amide bonds. The number of nitrogens with zero attached hydrogens (tertiary/aromatic N) is 3. The van der Waals surface area contributed by atoms with E-state index in [-0.39, 0.29) is 38.6 Å². The summed E-state index contributed by atoms with van der Waals surface area (Å²) in [7, 11) is -1.64. The zero-order chi connectivity index (χ0) is 24.3. The summed E-state index contributed by atoms with van der Waals surface area (Å²) in [5.74, 6) is -1.44. The van der Waals surface area contributed by atoms with Crippen LogP contribution in [0.2, 0.25) is 10.0 Å². The van der Waals surface area contributed by atoms with Gasteiger partial charge in [0.25, 0.3) is 18.2 Å². The standard InChI is InChI=1S/C20H17Cl2F2N5O3S/c1-3-33(32)28-19(30)12-8-11(21)7-10(2)16(12)26-20(31)15-9-14(17(23)24)27-29(15)18-13(22)5-4-6-25-18/h4-9,17H,3H2,1-2H3,(H,26,31)(H,28,30). The number of hydrogen-bond acceptors (Lipinski definition) is 5. The Morgan fingerprint density at radius 2 is 1.94 bits per heavy atom. The van der Waals surface area contributed by atoms with Gasteiger partial charge in [-0.1, -0.05) is 30.1 Å². The lowest BCUT2D eigenvalue weighted by atomic mass is 10.1. The second-order valence-corrected chi connectivity index (χ2v) is 8.96. The lowest BCUT2D eigenvalue weighted by Gasteiger charge is -2.15. The summed E-state index contributed by atoms with van der Waals surface area (Å²) in [5, 5.41) is 6.60. The molecule has 13 heteroatoms. The number of halogens is 4. The van der Waals surface area contributed by atoms with Crippen molar-refractivity contribution >= 4 is 51.7 Å². The molecule has 2 heterocycles. The molecule has 0 aliphatic carbocycles. The Kier molecular flexibility index (Phi) is 7.77. The maximum Gasteiger partial charge on any atom is 0.282 e. The van der Waals surface area contributed by atoms with E-state index < -0.39 is 34.9 Å². The van der Waals surface area contributed by atoms with Gasteiger partial charge >= 0.3 is 0 Å². The molecule has 0 aliphatic rings.